The van der Waals surface area contributed by atoms with Gasteiger partial charge in [-0.1, -0.05) is 30.3 Å². The van der Waals surface area contributed by atoms with E-state index in [0.717, 1.165) is 22.3 Å². The molecule has 88 valence electrons. The lowest BCUT2D eigenvalue weighted by Crippen LogP contribution is -1.91. The predicted molar refractivity (Wildman–Crippen MR) is 68.5 cm³/mol. The van der Waals surface area contributed by atoms with E-state index in [4.69, 9.17) is 0 Å². The van der Waals surface area contributed by atoms with Crippen molar-refractivity contribution in [3.8, 4) is 11.5 Å². The first-order valence-electron chi connectivity index (χ1n) is 5.64. The number of hydrogen-bond acceptors (Lipinski definition) is 2. The molecule has 0 aliphatic carbocycles. The van der Waals surface area contributed by atoms with Crippen molar-refractivity contribution in [1.29, 1.82) is 0 Å². The van der Waals surface area contributed by atoms with Crippen molar-refractivity contribution < 1.29 is 10.2 Å². The zero-order valence-electron chi connectivity index (χ0n) is 10.1. The third-order valence-corrected chi connectivity index (χ3v) is 2.94. The Labute approximate surface area is 101 Å². The molecule has 2 heteroatoms. The maximum absolute atomic E-state index is 9.72. The van der Waals surface area contributed by atoms with Gasteiger partial charge in [0.2, 0.25) is 0 Å². The second kappa shape index (κ2) is 4.50. The Bertz CT molecular complexity index is 521. The fourth-order valence-electron chi connectivity index (χ4n) is 2.03. The maximum Gasteiger partial charge on any atom is 0.121 e. The van der Waals surface area contributed by atoms with Gasteiger partial charge >= 0.3 is 0 Å². The maximum atomic E-state index is 9.72. The van der Waals surface area contributed by atoms with Crippen molar-refractivity contribution in [1.82, 2.24) is 0 Å². The summed E-state index contributed by atoms with van der Waals surface area (Å²) in [6.07, 6.45) is 0.675. The average molecular weight is 228 g/mol. The minimum Gasteiger partial charge on any atom is -0.508 e. The number of para-hydroxylation sites is 1. The molecule has 0 aromatic heterocycles. The van der Waals surface area contributed by atoms with E-state index in [1.807, 2.05) is 44.2 Å². The van der Waals surface area contributed by atoms with E-state index in [2.05, 4.69) is 0 Å². The predicted octanol–water partition coefficient (Wildman–Crippen LogP) is 3.31. The lowest BCUT2D eigenvalue weighted by molar-refractivity contribution is 0.466. The van der Waals surface area contributed by atoms with Crippen molar-refractivity contribution in [2.24, 2.45) is 0 Å². The molecule has 0 atom stereocenters. The molecular formula is C15H16O2. The summed E-state index contributed by atoms with van der Waals surface area (Å²) < 4.78 is 0. The van der Waals surface area contributed by atoms with Gasteiger partial charge in [0, 0.05) is 6.42 Å². The first-order valence-corrected chi connectivity index (χ1v) is 5.64. The Kier molecular flexibility index (Phi) is 3.05. The van der Waals surface area contributed by atoms with E-state index in [9.17, 15) is 10.2 Å². The molecule has 0 spiro atoms. The van der Waals surface area contributed by atoms with Gasteiger partial charge in [-0.3, -0.25) is 0 Å². The Morgan fingerprint density at radius 3 is 2.12 bits per heavy atom. The molecule has 0 saturated carbocycles. The van der Waals surface area contributed by atoms with Gasteiger partial charge in [-0.15, -0.1) is 0 Å². The molecule has 0 fully saturated rings. The van der Waals surface area contributed by atoms with Gasteiger partial charge in [0.25, 0.3) is 0 Å². The lowest BCUT2D eigenvalue weighted by Gasteiger charge is -2.09. The molecule has 0 heterocycles. The van der Waals surface area contributed by atoms with Crippen LogP contribution in [0, 0.1) is 13.8 Å². The SMILES string of the molecule is Cc1cc(Cc2ccccc2O)cc(C)c1O. The fraction of sp³-hybridized carbons (Fsp3) is 0.200. The highest BCUT2D eigenvalue weighted by molar-refractivity contribution is 5.45. The van der Waals surface area contributed by atoms with Crippen molar-refractivity contribution in [2.75, 3.05) is 0 Å². The summed E-state index contributed by atoms with van der Waals surface area (Å²) in [5, 5.41) is 19.4. The molecule has 2 aromatic rings. The molecule has 0 bridgehead atoms. The van der Waals surface area contributed by atoms with Crippen LogP contribution in [0.1, 0.15) is 22.3 Å². The highest BCUT2D eigenvalue weighted by Crippen LogP contribution is 2.26. The topological polar surface area (TPSA) is 40.5 Å². The molecule has 2 rings (SSSR count). The average Bonchev–Trinajstić information content (AvgIpc) is 2.29. The van der Waals surface area contributed by atoms with Gasteiger partial charge in [0.1, 0.15) is 11.5 Å². The van der Waals surface area contributed by atoms with Crippen LogP contribution in [0.4, 0.5) is 0 Å². The second-order valence-corrected chi connectivity index (χ2v) is 4.38. The zero-order valence-corrected chi connectivity index (χ0v) is 10.1. The summed E-state index contributed by atoms with van der Waals surface area (Å²) in [6.45, 7) is 3.77. The van der Waals surface area contributed by atoms with Crippen LogP contribution >= 0.6 is 0 Å². The number of phenols is 2. The molecule has 17 heavy (non-hydrogen) atoms. The van der Waals surface area contributed by atoms with Crippen LogP contribution in [0.25, 0.3) is 0 Å². The molecule has 2 nitrogen and oxygen atoms in total. The van der Waals surface area contributed by atoms with E-state index < -0.39 is 0 Å². The number of phenolic OH excluding ortho intramolecular Hbond substituents is 2. The van der Waals surface area contributed by atoms with Crippen LogP contribution in [-0.2, 0) is 6.42 Å². The number of benzene rings is 2. The van der Waals surface area contributed by atoms with E-state index >= 15 is 0 Å². The summed E-state index contributed by atoms with van der Waals surface area (Å²) in [5.41, 5.74) is 3.74. The van der Waals surface area contributed by atoms with Crippen LogP contribution < -0.4 is 0 Å². The Morgan fingerprint density at radius 2 is 1.53 bits per heavy atom. The number of hydrogen-bond donors (Lipinski definition) is 2. The second-order valence-electron chi connectivity index (χ2n) is 4.38. The van der Waals surface area contributed by atoms with Gasteiger partial charge in [-0.2, -0.15) is 0 Å². The summed E-state index contributed by atoms with van der Waals surface area (Å²) in [4.78, 5) is 0. The highest BCUT2D eigenvalue weighted by Gasteiger charge is 2.06. The molecule has 0 saturated heterocycles. The molecule has 0 radical (unpaired) electrons. The monoisotopic (exact) mass is 228 g/mol. The quantitative estimate of drug-likeness (QED) is 0.828. The van der Waals surface area contributed by atoms with Crippen LogP contribution in [0.5, 0.6) is 11.5 Å². The van der Waals surface area contributed by atoms with Crippen LogP contribution in [0.15, 0.2) is 36.4 Å². The number of aryl methyl sites for hydroxylation is 2. The molecule has 2 N–H and O–H groups in total. The fourth-order valence-corrected chi connectivity index (χ4v) is 2.03. The Morgan fingerprint density at radius 1 is 0.941 bits per heavy atom. The summed E-state index contributed by atoms with van der Waals surface area (Å²) in [7, 11) is 0. The molecule has 2 aromatic carbocycles. The van der Waals surface area contributed by atoms with Crippen LogP contribution in [0.2, 0.25) is 0 Å². The summed E-state index contributed by atoms with van der Waals surface area (Å²) >= 11 is 0. The van der Waals surface area contributed by atoms with Crippen molar-refractivity contribution in [2.45, 2.75) is 20.3 Å². The van der Waals surface area contributed by atoms with Gasteiger partial charge in [-0.25, -0.2) is 0 Å². The smallest absolute Gasteiger partial charge is 0.121 e. The van der Waals surface area contributed by atoms with Gasteiger partial charge in [-0.05, 0) is 42.2 Å². The number of aromatic hydroxyl groups is 2. The van der Waals surface area contributed by atoms with E-state index in [1.165, 1.54) is 0 Å². The standard InChI is InChI=1S/C15H16O2/c1-10-7-12(8-11(2)15(10)17)9-13-5-3-4-6-14(13)16/h3-8,16-17H,9H2,1-2H3. The van der Waals surface area contributed by atoms with Crippen molar-refractivity contribution in [3.63, 3.8) is 0 Å². The third kappa shape index (κ3) is 2.41. The van der Waals surface area contributed by atoms with Gasteiger partial charge in [0.15, 0.2) is 0 Å². The molecule has 0 aliphatic rings. The van der Waals surface area contributed by atoms with Gasteiger partial charge in [0.05, 0.1) is 0 Å². The largest absolute Gasteiger partial charge is 0.508 e. The summed E-state index contributed by atoms with van der Waals surface area (Å²) in [5.74, 6) is 0.668. The molecular weight excluding hydrogens is 212 g/mol. The van der Waals surface area contributed by atoms with Crippen LogP contribution in [0.3, 0.4) is 0 Å². The normalized spacial score (nSPS) is 10.5. The molecule has 0 aliphatic heterocycles. The zero-order chi connectivity index (χ0) is 12.4. The first-order chi connectivity index (χ1) is 8.08. The van der Waals surface area contributed by atoms with E-state index in [1.54, 1.807) is 6.07 Å². The third-order valence-electron chi connectivity index (χ3n) is 2.94. The Hall–Kier alpha value is -1.96. The van der Waals surface area contributed by atoms with Crippen molar-refractivity contribution in [3.05, 3.63) is 58.7 Å². The minimum atomic E-state index is 0.316. The summed E-state index contributed by atoms with van der Waals surface area (Å²) in [6, 6.07) is 11.2. The Balaban J connectivity index is 2.34. The highest BCUT2D eigenvalue weighted by atomic mass is 16.3. The van der Waals surface area contributed by atoms with E-state index in [-0.39, 0.29) is 0 Å². The minimum absolute atomic E-state index is 0.316. The van der Waals surface area contributed by atoms with E-state index in [0.29, 0.717) is 17.9 Å². The first kappa shape index (κ1) is 11.5. The van der Waals surface area contributed by atoms with Gasteiger partial charge < -0.3 is 10.2 Å². The number of rotatable bonds is 2. The van der Waals surface area contributed by atoms with Crippen molar-refractivity contribution >= 4 is 0 Å². The molecule has 0 unspecified atom stereocenters. The molecule has 0 amide bonds. The van der Waals surface area contributed by atoms with Crippen LogP contribution in [-0.4, -0.2) is 10.2 Å². The lowest BCUT2D eigenvalue weighted by atomic mass is 9.99.